The van der Waals surface area contributed by atoms with E-state index >= 15 is 0 Å². The first-order chi connectivity index (χ1) is 13.4. The molecule has 2 bridgehead atoms. The molecular formula is C21H28N4O3. The highest BCUT2D eigenvalue weighted by Gasteiger charge is 2.44. The Hall–Kier alpha value is -2.57. The summed E-state index contributed by atoms with van der Waals surface area (Å²) >= 11 is 0. The molecule has 3 aliphatic rings. The lowest BCUT2D eigenvalue weighted by Gasteiger charge is -2.41. The summed E-state index contributed by atoms with van der Waals surface area (Å²) in [7, 11) is 0. The van der Waals surface area contributed by atoms with E-state index in [1.54, 1.807) is 6.07 Å². The molecular weight excluding hydrogens is 356 g/mol. The number of benzene rings is 1. The van der Waals surface area contributed by atoms with Gasteiger partial charge >= 0.3 is 0 Å². The average molecular weight is 384 g/mol. The molecule has 3 fully saturated rings. The third-order valence-corrected chi connectivity index (χ3v) is 6.35. The average Bonchev–Trinajstić information content (AvgIpc) is 3.20. The van der Waals surface area contributed by atoms with Gasteiger partial charge in [0.25, 0.3) is 5.91 Å². The van der Waals surface area contributed by atoms with Crippen LogP contribution >= 0.6 is 0 Å². The van der Waals surface area contributed by atoms with Gasteiger partial charge in [-0.1, -0.05) is 6.07 Å². The molecule has 3 aliphatic heterocycles. The van der Waals surface area contributed by atoms with E-state index < -0.39 is 0 Å². The van der Waals surface area contributed by atoms with Gasteiger partial charge in [-0.3, -0.25) is 14.4 Å². The Bertz CT molecular complexity index is 795. The number of hydrogen-bond donors (Lipinski definition) is 2. The summed E-state index contributed by atoms with van der Waals surface area (Å²) < 4.78 is 0. The number of likely N-dealkylation sites (tertiary alicyclic amines) is 1. The summed E-state index contributed by atoms with van der Waals surface area (Å²) in [6.45, 7) is 3.12. The second-order valence-corrected chi connectivity index (χ2v) is 8.31. The highest BCUT2D eigenvalue weighted by atomic mass is 16.2. The molecule has 3 amide bonds. The van der Waals surface area contributed by atoms with Crippen molar-refractivity contribution in [3.63, 3.8) is 0 Å². The van der Waals surface area contributed by atoms with Crippen molar-refractivity contribution in [2.75, 3.05) is 18.8 Å². The molecule has 3 heterocycles. The molecule has 0 aromatic heterocycles. The van der Waals surface area contributed by atoms with Crippen LogP contribution in [0.15, 0.2) is 18.2 Å². The summed E-state index contributed by atoms with van der Waals surface area (Å²) in [4.78, 5) is 41.1. The van der Waals surface area contributed by atoms with E-state index in [-0.39, 0.29) is 35.8 Å². The Labute approximate surface area is 165 Å². The van der Waals surface area contributed by atoms with E-state index in [9.17, 15) is 14.4 Å². The van der Waals surface area contributed by atoms with Crippen LogP contribution in [0.4, 0.5) is 5.69 Å². The zero-order valence-electron chi connectivity index (χ0n) is 16.3. The van der Waals surface area contributed by atoms with Crippen molar-refractivity contribution in [1.29, 1.82) is 0 Å². The lowest BCUT2D eigenvalue weighted by Crippen LogP contribution is -2.57. The molecule has 3 atom stereocenters. The molecule has 0 radical (unpaired) electrons. The van der Waals surface area contributed by atoms with Gasteiger partial charge in [-0.2, -0.15) is 0 Å². The quantitative estimate of drug-likeness (QED) is 0.768. The van der Waals surface area contributed by atoms with Crippen molar-refractivity contribution < 1.29 is 14.4 Å². The van der Waals surface area contributed by atoms with Gasteiger partial charge in [-0.05, 0) is 50.3 Å². The van der Waals surface area contributed by atoms with Crippen LogP contribution in [0.2, 0.25) is 0 Å². The molecule has 3 N–H and O–H groups in total. The minimum atomic E-state index is 0.0260. The third-order valence-electron chi connectivity index (χ3n) is 6.35. The van der Waals surface area contributed by atoms with Crippen LogP contribution in [0.5, 0.6) is 0 Å². The first-order valence-corrected chi connectivity index (χ1v) is 10.2. The smallest absolute Gasteiger partial charge is 0.254 e. The predicted octanol–water partition coefficient (Wildman–Crippen LogP) is 1.45. The van der Waals surface area contributed by atoms with Crippen molar-refractivity contribution in [1.82, 2.24) is 15.1 Å². The number of carbonyl (C=O) groups is 3. The highest BCUT2D eigenvalue weighted by Crippen LogP contribution is 2.33. The fraction of sp³-hybridized carbons (Fsp3) is 0.571. The van der Waals surface area contributed by atoms with Crippen LogP contribution in [0.3, 0.4) is 0 Å². The lowest BCUT2D eigenvalue weighted by molar-refractivity contribution is -0.134. The van der Waals surface area contributed by atoms with Crippen LogP contribution in [-0.4, -0.2) is 58.7 Å². The van der Waals surface area contributed by atoms with E-state index in [2.05, 4.69) is 5.32 Å². The first kappa shape index (κ1) is 18.8. The standard InChI is InChI=1S/C21H28N4O3/c1-13-2-3-14(22)10-18(13)21(28)25-16-6-7-17(25)12-24(11-16)20(27)9-5-15-4-8-19(26)23-15/h2-3,10,15-17H,4-9,11-12,22H2,1H3,(H,23,26)/t15?,16-,17+. The minimum absolute atomic E-state index is 0.0260. The maximum atomic E-state index is 13.2. The second-order valence-electron chi connectivity index (χ2n) is 8.31. The molecule has 0 saturated carbocycles. The number of piperazine rings is 1. The van der Waals surface area contributed by atoms with E-state index in [0.29, 0.717) is 43.6 Å². The summed E-state index contributed by atoms with van der Waals surface area (Å²) in [6, 6.07) is 5.72. The molecule has 28 heavy (non-hydrogen) atoms. The van der Waals surface area contributed by atoms with Crippen molar-refractivity contribution >= 4 is 23.4 Å². The van der Waals surface area contributed by atoms with Crippen molar-refractivity contribution in [3.8, 4) is 0 Å². The molecule has 4 rings (SSSR count). The largest absolute Gasteiger partial charge is 0.399 e. The van der Waals surface area contributed by atoms with E-state index in [0.717, 1.165) is 24.8 Å². The summed E-state index contributed by atoms with van der Waals surface area (Å²) in [5.74, 6) is 0.239. The number of amides is 3. The molecule has 7 heteroatoms. The Morgan fingerprint density at radius 1 is 1.18 bits per heavy atom. The fourth-order valence-corrected chi connectivity index (χ4v) is 4.80. The number of aryl methyl sites for hydroxylation is 1. The van der Waals surface area contributed by atoms with Gasteiger partial charge in [0.1, 0.15) is 0 Å². The number of nitrogen functional groups attached to an aromatic ring is 1. The number of rotatable bonds is 4. The normalized spacial score (nSPS) is 26.5. The summed E-state index contributed by atoms with van der Waals surface area (Å²) in [5.41, 5.74) is 8.06. The number of fused-ring (bicyclic) bond motifs is 2. The van der Waals surface area contributed by atoms with Crippen molar-refractivity contribution in [3.05, 3.63) is 29.3 Å². The molecule has 1 unspecified atom stereocenters. The van der Waals surface area contributed by atoms with Gasteiger partial charge in [0.15, 0.2) is 0 Å². The van der Waals surface area contributed by atoms with E-state index in [1.807, 2.05) is 28.9 Å². The van der Waals surface area contributed by atoms with Crippen LogP contribution in [0.1, 0.15) is 54.4 Å². The van der Waals surface area contributed by atoms with Crippen molar-refractivity contribution in [2.45, 2.75) is 63.6 Å². The number of nitrogens with zero attached hydrogens (tertiary/aromatic N) is 2. The summed E-state index contributed by atoms with van der Waals surface area (Å²) in [5, 5.41) is 2.92. The fourth-order valence-electron chi connectivity index (χ4n) is 4.80. The zero-order chi connectivity index (χ0) is 19.8. The van der Waals surface area contributed by atoms with Crippen LogP contribution in [0, 0.1) is 6.92 Å². The first-order valence-electron chi connectivity index (χ1n) is 10.2. The van der Waals surface area contributed by atoms with Gasteiger partial charge in [-0.25, -0.2) is 0 Å². The predicted molar refractivity (Wildman–Crippen MR) is 106 cm³/mol. The van der Waals surface area contributed by atoms with Crippen LogP contribution in [0.25, 0.3) is 0 Å². The SMILES string of the molecule is Cc1ccc(N)cc1C(=O)N1[C@@H]2CC[C@H]1CN(C(=O)CCC1CCC(=O)N1)C2. The monoisotopic (exact) mass is 384 g/mol. The number of hydrogen-bond acceptors (Lipinski definition) is 4. The molecule has 0 aliphatic carbocycles. The number of nitrogens with two attached hydrogens (primary N) is 1. The lowest BCUT2D eigenvalue weighted by atomic mass is 10.0. The molecule has 3 saturated heterocycles. The maximum Gasteiger partial charge on any atom is 0.254 e. The molecule has 1 aromatic carbocycles. The zero-order valence-corrected chi connectivity index (χ0v) is 16.3. The van der Waals surface area contributed by atoms with Gasteiger partial charge in [0, 0.05) is 43.2 Å². The number of anilines is 1. The Kier molecular flexibility index (Phi) is 5.00. The Balaban J connectivity index is 1.39. The maximum absolute atomic E-state index is 13.2. The minimum Gasteiger partial charge on any atom is -0.399 e. The number of carbonyl (C=O) groups excluding carboxylic acids is 3. The van der Waals surface area contributed by atoms with Crippen molar-refractivity contribution in [2.24, 2.45) is 0 Å². The second kappa shape index (κ2) is 7.45. The molecule has 1 aromatic rings. The van der Waals surface area contributed by atoms with Crippen LogP contribution < -0.4 is 11.1 Å². The van der Waals surface area contributed by atoms with E-state index in [4.69, 9.17) is 5.73 Å². The number of nitrogens with one attached hydrogen (secondary N) is 1. The highest BCUT2D eigenvalue weighted by molar-refractivity contribution is 5.97. The van der Waals surface area contributed by atoms with E-state index in [1.165, 1.54) is 0 Å². The Morgan fingerprint density at radius 3 is 2.54 bits per heavy atom. The topological polar surface area (TPSA) is 95.7 Å². The molecule has 0 spiro atoms. The van der Waals surface area contributed by atoms with Crippen LogP contribution in [-0.2, 0) is 9.59 Å². The summed E-state index contributed by atoms with van der Waals surface area (Å²) in [6.07, 6.45) is 4.39. The van der Waals surface area contributed by atoms with Gasteiger partial charge in [-0.15, -0.1) is 0 Å². The Morgan fingerprint density at radius 2 is 1.89 bits per heavy atom. The van der Waals surface area contributed by atoms with Gasteiger partial charge in [0.05, 0.1) is 12.1 Å². The molecule has 7 nitrogen and oxygen atoms in total. The van der Waals surface area contributed by atoms with Gasteiger partial charge < -0.3 is 20.9 Å². The molecule has 150 valence electrons. The third kappa shape index (κ3) is 3.57. The van der Waals surface area contributed by atoms with Gasteiger partial charge in [0.2, 0.25) is 11.8 Å².